The molecule has 0 aromatic heterocycles. The minimum Gasteiger partial charge on any atom is -0.370 e. The van der Waals surface area contributed by atoms with E-state index in [-0.39, 0.29) is 6.10 Å². The van der Waals surface area contributed by atoms with E-state index >= 15 is 0 Å². The molecule has 0 saturated carbocycles. The third-order valence-electron chi connectivity index (χ3n) is 4.13. The van der Waals surface area contributed by atoms with Crippen LogP contribution in [0.4, 0.5) is 5.69 Å². The molecule has 22 heavy (non-hydrogen) atoms. The highest BCUT2D eigenvalue weighted by atomic mass is 35.5. The van der Waals surface area contributed by atoms with Crippen LogP contribution < -0.4 is 4.90 Å². The van der Waals surface area contributed by atoms with Crippen LogP contribution in [0.5, 0.6) is 0 Å². The Bertz CT molecular complexity index is 454. The Morgan fingerprint density at radius 3 is 2.36 bits per heavy atom. The summed E-state index contributed by atoms with van der Waals surface area (Å²) in [6, 6.07) is 6.11. The normalized spacial score (nSPS) is 18.4. The molecule has 0 spiro atoms. The number of halogens is 1. The molecule has 4 heteroatoms. The predicted molar refractivity (Wildman–Crippen MR) is 101 cm³/mol. The van der Waals surface area contributed by atoms with Crippen LogP contribution in [0.25, 0.3) is 0 Å². The third-order valence-corrected chi connectivity index (χ3v) is 4.92. The van der Waals surface area contributed by atoms with Gasteiger partial charge in [-0.1, -0.05) is 51.4 Å². The monoisotopic (exact) mass is 343 g/mol. The lowest BCUT2D eigenvalue weighted by molar-refractivity contribution is 0.268. The van der Waals surface area contributed by atoms with E-state index in [4.69, 9.17) is 15.8 Å². The summed E-state index contributed by atoms with van der Waals surface area (Å²) in [4.78, 5) is 2.42. The molecule has 1 fully saturated rings. The molecule has 0 amide bonds. The van der Waals surface area contributed by atoms with Crippen LogP contribution in [0.1, 0.15) is 59.1 Å². The lowest BCUT2D eigenvalue weighted by Gasteiger charge is -2.39. The number of piperidine rings is 1. The van der Waals surface area contributed by atoms with Gasteiger partial charge in [0.2, 0.25) is 0 Å². The van der Waals surface area contributed by atoms with Crippen molar-refractivity contribution in [1.82, 2.24) is 0 Å². The fourth-order valence-electron chi connectivity index (χ4n) is 2.73. The molecule has 1 heterocycles. The molecule has 1 aromatic rings. The van der Waals surface area contributed by atoms with Crippen LogP contribution in [-0.4, -0.2) is 19.3 Å². The predicted octanol–water partition coefficient (Wildman–Crippen LogP) is 6.35. The second kappa shape index (κ2) is 9.05. The number of anilines is 1. The van der Waals surface area contributed by atoms with Crippen molar-refractivity contribution in [2.24, 2.45) is 5.41 Å². The number of para-hydroxylation sites is 1. The van der Waals surface area contributed by atoms with Gasteiger partial charge in [-0.2, -0.15) is 0 Å². The summed E-state index contributed by atoms with van der Waals surface area (Å²) in [6.07, 6.45) is 4.41. The van der Waals surface area contributed by atoms with Gasteiger partial charge in [0, 0.05) is 24.9 Å². The van der Waals surface area contributed by atoms with Crippen molar-refractivity contribution in [2.45, 2.75) is 53.6 Å². The van der Waals surface area contributed by atoms with Gasteiger partial charge in [-0.05, 0) is 43.3 Å². The summed E-state index contributed by atoms with van der Waals surface area (Å²) in [5.74, 6) is 0. The van der Waals surface area contributed by atoms with Crippen LogP contribution in [0, 0.1) is 5.41 Å². The van der Waals surface area contributed by atoms with Crippen LogP contribution in [0.2, 0.25) is 5.02 Å². The topological polar surface area (TPSA) is 12.5 Å². The number of nitrogens with zero attached hydrogens (tertiary/aromatic N) is 1. The molecule has 0 aliphatic carbocycles. The SMILES string of the molecule is CC.CSOC(C)c1cccc(Cl)c1N1CCC(C)(C)CC1. The van der Waals surface area contributed by atoms with E-state index in [1.54, 1.807) is 0 Å². The first-order chi connectivity index (χ1) is 10.4. The molecule has 126 valence electrons. The maximum Gasteiger partial charge on any atom is 0.0964 e. The van der Waals surface area contributed by atoms with Crippen LogP contribution in [0.15, 0.2) is 18.2 Å². The Labute approximate surface area is 145 Å². The van der Waals surface area contributed by atoms with E-state index in [1.807, 2.05) is 32.2 Å². The smallest absolute Gasteiger partial charge is 0.0964 e. The Hall–Kier alpha value is -0.380. The molecule has 1 unspecified atom stereocenters. The van der Waals surface area contributed by atoms with E-state index in [0.29, 0.717) is 5.41 Å². The molecule has 1 aliphatic rings. The molecule has 1 atom stereocenters. The van der Waals surface area contributed by atoms with Crippen LogP contribution in [0.3, 0.4) is 0 Å². The Morgan fingerprint density at radius 2 is 1.82 bits per heavy atom. The molecule has 0 radical (unpaired) electrons. The van der Waals surface area contributed by atoms with Crippen molar-refractivity contribution in [3.63, 3.8) is 0 Å². The van der Waals surface area contributed by atoms with Gasteiger partial charge in [-0.3, -0.25) is 0 Å². The Balaban J connectivity index is 0.00000116. The molecular weight excluding hydrogens is 314 g/mol. The van der Waals surface area contributed by atoms with Crippen molar-refractivity contribution >= 4 is 29.3 Å². The minimum absolute atomic E-state index is 0.0497. The van der Waals surface area contributed by atoms with Crippen molar-refractivity contribution < 1.29 is 4.18 Å². The van der Waals surface area contributed by atoms with Gasteiger partial charge >= 0.3 is 0 Å². The maximum atomic E-state index is 6.47. The molecular formula is C18H30ClNOS. The average Bonchev–Trinajstić information content (AvgIpc) is 2.50. The molecule has 1 saturated heterocycles. The molecule has 2 nitrogen and oxygen atoms in total. The summed E-state index contributed by atoms with van der Waals surface area (Å²) in [5.41, 5.74) is 2.79. The lowest BCUT2D eigenvalue weighted by Crippen LogP contribution is -2.38. The zero-order valence-corrected chi connectivity index (χ0v) is 16.4. The van der Waals surface area contributed by atoms with Crippen molar-refractivity contribution in [3.8, 4) is 0 Å². The summed E-state index contributed by atoms with van der Waals surface area (Å²) >= 11 is 7.88. The average molecular weight is 344 g/mol. The summed E-state index contributed by atoms with van der Waals surface area (Å²) in [7, 11) is 0. The molecule has 1 aromatic carbocycles. The lowest BCUT2D eigenvalue weighted by atomic mass is 9.82. The molecule has 2 rings (SSSR count). The summed E-state index contributed by atoms with van der Waals surface area (Å²) < 4.78 is 5.69. The van der Waals surface area contributed by atoms with Crippen molar-refractivity contribution in [3.05, 3.63) is 28.8 Å². The second-order valence-corrected chi connectivity index (χ2v) is 7.17. The fourth-order valence-corrected chi connectivity index (χ4v) is 3.42. The van der Waals surface area contributed by atoms with Crippen molar-refractivity contribution in [1.29, 1.82) is 0 Å². The summed E-state index contributed by atoms with van der Waals surface area (Å²) in [5, 5.41) is 0.832. The first kappa shape index (κ1) is 19.7. The standard InChI is InChI=1S/C16H24ClNOS.C2H6/c1-12(19-20-4)13-6-5-7-14(17)15(13)18-10-8-16(2,3)9-11-18;1-2/h5-7,12H,8-11H2,1-4H3;1-2H3. The molecule has 0 N–H and O–H groups in total. The highest BCUT2D eigenvalue weighted by Crippen LogP contribution is 2.40. The first-order valence-corrected chi connectivity index (χ1v) is 9.70. The largest absolute Gasteiger partial charge is 0.370 e. The molecule has 1 aliphatic heterocycles. The van der Waals surface area contributed by atoms with E-state index in [9.17, 15) is 0 Å². The zero-order chi connectivity index (χ0) is 16.8. The highest BCUT2D eigenvalue weighted by Gasteiger charge is 2.28. The fraction of sp³-hybridized carbons (Fsp3) is 0.667. The second-order valence-electron chi connectivity index (χ2n) is 6.23. The van der Waals surface area contributed by atoms with E-state index in [0.717, 1.165) is 23.8 Å². The summed E-state index contributed by atoms with van der Waals surface area (Å²) in [6.45, 7) is 12.9. The maximum absolute atomic E-state index is 6.47. The number of rotatable bonds is 4. The Morgan fingerprint density at radius 1 is 1.23 bits per heavy atom. The number of hydrogen-bond donors (Lipinski definition) is 0. The van der Waals surface area contributed by atoms with Gasteiger partial charge in [0.15, 0.2) is 0 Å². The molecule has 0 bridgehead atoms. The van der Waals surface area contributed by atoms with E-state index in [1.165, 1.54) is 30.4 Å². The van der Waals surface area contributed by atoms with Crippen LogP contribution >= 0.6 is 23.6 Å². The van der Waals surface area contributed by atoms with E-state index < -0.39 is 0 Å². The van der Waals surface area contributed by atoms with Crippen LogP contribution in [-0.2, 0) is 4.18 Å². The number of hydrogen-bond acceptors (Lipinski definition) is 3. The Kier molecular flexibility index (Phi) is 8.09. The third kappa shape index (κ3) is 5.07. The van der Waals surface area contributed by atoms with Gasteiger partial charge in [0.05, 0.1) is 16.8 Å². The quantitative estimate of drug-likeness (QED) is 0.591. The van der Waals surface area contributed by atoms with Gasteiger partial charge < -0.3 is 9.08 Å². The number of benzene rings is 1. The first-order valence-electron chi connectivity index (χ1n) is 8.17. The van der Waals surface area contributed by atoms with Gasteiger partial charge in [-0.25, -0.2) is 0 Å². The highest BCUT2D eigenvalue weighted by molar-refractivity contribution is 7.93. The van der Waals surface area contributed by atoms with Gasteiger partial charge in [0.1, 0.15) is 0 Å². The van der Waals surface area contributed by atoms with Gasteiger partial charge in [-0.15, -0.1) is 0 Å². The van der Waals surface area contributed by atoms with E-state index in [2.05, 4.69) is 31.7 Å². The van der Waals surface area contributed by atoms with Gasteiger partial charge in [0.25, 0.3) is 0 Å². The zero-order valence-electron chi connectivity index (χ0n) is 14.8. The minimum atomic E-state index is 0.0497. The van der Waals surface area contributed by atoms with Crippen molar-refractivity contribution in [2.75, 3.05) is 24.2 Å².